The molecule has 0 radical (unpaired) electrons. The molecule has 1 fully saturated rings. The number of carbonyl (C=O) groups is 1. The Hall–Kier alpha value is -2.22. The molecule has 6 nitrogen and oxygen atoms in total. The molecule has 0 aromatic heterocycles. The van der Waals surface area contributed by atoms with E-state index in [0.717, 1.165) is 21.3 Å². The van der Waals surface area contributed by atoms with Crippen LogP contribution in [0.4, 0.5) is 0 Å². The zero-order valence-corrected chi connectivity index (χ0v) is 16.9. The molecular weight excluding hydrogens is 408 g/mol. The minimum Gasteiger partial charge on any atom is -0.494 e. The van der Waals surface area contributed by atoms with Gasteiger partial charge in [0.25, 0.3) is 5.91 Å². The Balaban J connectivity index is 1.57. The zero-order valence-electron chi connectivity index (χ0n) is 15.3. The fourth-order valence-corrected chi connectivity index (χ4v) is 3.32. The number of halogens is 1. The normalized spacial score (nSPS) is 22.1. The first-order valence-corrected chi connectivity index (χ1v) is 9.70. The van der Waals surface area contributed by atoms with Crippen molar-refractivity contribution in [3.63, 3.8) is 0 Å². The summed E-state index contributed by atoms with van der Waals surface area (Å²) >= 11 is 3.39. The summed E-state index contributed by atoms with van der Waals surface area (Å²) in [6, 6.07) is 15.3. The van der Waals surface area contributed by atoms with Crippen LogP contribution < -0.4 is 21.0 Å². The molecule has 142 valence electrons. The second-order valence-corrected chi connectivity index (χ2v) is 7.31. The van der Waals surface area contributed by atoms with Gasteiger partial charge in [-0.15, -0.1) is 0 Å². The number of ether oxygens (including phenoxy) is 1. The Labute approximate surface area is 167 Å². The van der Waals surface area contributed by atoms with Crippen molar-refractivity contribution in [3.05, 3.63) is 64.1 Å². The Morgan fingerprint density at radius 2 is 1.89 bits per heavy atom. The lowest BCUT2D eigenvalue weighted by atomic mass is 9.91. The maximum atomic E-state index is 12.5. The SMILES string of the molecule is CCOc1ccc(C2NNC(C(=O)N/N=C/c3ccc(Br)cc3)C2C)cc1. The monoisotopic (exact) mass is 430 g/mol. The number of carbonyl (C=O) groups excluding carboxylic acids is 1. The lowest BCUT2D eigenvalue weighted by Gasteiger charge is -2.18. The summed E-state index contributed by atoms with van der Waals surface area (Å²) in [5.41, 5.74) is 10.9. The van der Waals surface area contributed by atoms with Crippen LogP contribution in [0.3, 0.4) is 0 Å². The minimum absolute atomic E-state index is 0.0341. The van der Waals surface area contributed by atoms with Crippen LogP contribution in [0.25, 0.3) is 0 Å². The highest BCUT2D eigenvalue weighted by Crippen LogP contribution is 2.29. The van der Waals surface area contributed by atoms with E-state index in [1.165, 1.54) is 0 Å². The molecule has 1 aliphatic heterocycles. The highest BCUT2D eigenvalue weighted by molar-refractivity contribution is 9.10. The Morgan fingerprint density at radius 3 is 2.56 bits per heavy atom. The number of rotatable bonds is 6. The van der Waals surface area contributed by atoms with Crippen LogP contribution in [-0.2, 0) is 4.79 Å². The number of hydrazone groups is 1. The second kappa shape index (κ2) is 9.12. The van der Waals surface area contributed by atoms with Gasteiger partial charge in [0.15, 0.2) is 0 Å². The van der Waals surface area contributed by atoms with Crippen molar-refractivity contribution in [3.8, 4) is 5.75 Å². The van der Waals surface area contributed by atoms with Crippen molar-refractivity contribution >= 4 is 28.1 Å². The quantitative estimate of drug-likeness (QED) is 0.485. The number of amides is 1. The molecule has 3 rings (SSSR count). The summed E-state index contributed by atoms with van der Waals surface area (Å²) in [5, 5.41) is 4.06. The Kier molecular flexibility index (Phi) is 6.60. The summed E-state index contributed by atoms with van der Waals surface area (Å²) in [6.07, 6.45) is 1.63. The fraction of sp³-hybridized carbons (Fsp3) is 0.300. The number of hydrogen-bond donors (Lipinski definition) is 3. The number of benzene rings is 2. The standard InChI is InChI=1S/C20H23BrN4O2/c1-3-27-17-10-6-15(7-11-17)18-13(2)19(24-23-18)20(26)25-22-12-14-4-8-16(21)9-5-14/h4-13,18-19,23-24H,3H2,1-2H3,(H,25,26)/b22-12+. The summed E-state index contributed by atoms with van der Waals surface area (Å²) in [4.78, 5) is 12.5. The third kappa shape index (κ3) is 4.94. The van der Waals surface area contributed by atoms with Crippen LogP contribution >= 0.6 is 15.9 Å². The van der Waals surface area contributed by atoms with Crippen molar-refractivity contribution in [2.45, 2.75) is 25.9 Å². The maximum Gasteiger partial charge on any atom is 0.258 e. The van der Waals surface area contributed by atoms with E-state index in [2.05, 4.69) is 37.3 Å². The predicted octanol–water partition coefficient (Wildman–Crippen LogP) is 3.15. The van der Waals surface area contributed by atoms with Crippen LogP contribution in [0, 0.1) is 5.92 Å². The van der Waals surface area contributed by atoms with E-state index in [9.17, 15) is 4.79 Å². The molecule has 1 amide bonds. The predicted molar refractivity (Wildman–Crippen MR) is 109 cm³/mol. The molecule has 2 aromatic rings. The van der Waals surface area contributed by atoms with Crippen molar-refractivity contribution in [2.24, 2.45) is 11.0 Å². The minimum atomic E-state index is -0.372. The van der Waals surface area contributed by atoms with Gasteiger partial charge < -0.3 is 4.74 Å². The average Bonchev–Trinajstić information content (AvgIpc) is 3.06. The van der Waals surface area contributed by atoms with E-state index < -0.39 is 0 Å². The zero-order chi connectivity index (χ0) is 19.2. The van der Waals surface area contributed by atoms with Gasteiger partial charge in [0, 0.05) is 10.4 Å². The lowest BCUT2D eigenvalue weighted by Crippen LogP contribution is -2.43. The molecule has 1 aliphatic rings. The van der Waals surface area contributed by atoms with E-state index >= 15 is 0 Å². The maximum absolute atomic E-state index is 12.5. The van der Waals surface area contributed by atoms with Crippen molar-refractivity contribution in [1.82, 2.24) is 16.3 Å². The Morgan fingerprint density at radius 1 is 1.19 bits per heavy atom. The third-order valence-electron chi connectivity index (χ3n) is 4.54. The molecule has 0 spiro atoms. The molecule has 3 unspecified atom stereocenters. The number of hydrazine groups is 1. The Bertz CT molecular complexity index is 793. The highest BCUT2D eigenvalue weighted by Gasteiger charge is 2.37. The molecule has 3 N–H and O–H groups in total. The van der Waals surface area contributed by atoms with E-state index in [1.54, 1.807) is 6.21 Å². The van der Waals surface area contributed by atoms with Crippen LogP contribution in [0.2, 0.25) is 0 Å². The molecule has 7 heteroatoms. The average molecular weight is 431 g/mol. The molecule has 27 heavy (non-hydrogen) atoms. The fourth-order valence-electron chi connectivity index (χ4n) is 3.05. The molecule has 1 heterocycles. The number of hydrogen-bond acceptors (Lipinski definition) is 5. The third-order valence-corrected chi connectivity index (χ3v) is 5.07. The molecular formula is C20H23BrN4O2. The van der Waals surface area contributed by atoms with Crippen LogP contribution in [0.5, 0.6) is 5.75 Å². The topological polar surface area (TPSA) is 74.8 Å². The largest absolute Gasteiger partial charge is 0.494 e. The van der Waals surface area contributed by atoms with Gasteiger partial charge in [-0.25, -0.2) is 16.3 Å². The number of nitrogens with one attached hydrogen (secondary N) is 3. The summed E-state index contributed by atoms with van der Waals surface area (Å²) in [7, 11) is 0. The number of nitrogens with zero attached hydrogens (tertiary/aromatic N) is 1. The van der Waals surface area contributed by atoms with Crippen molar-refractivity contribution in [1.29, 1.82) is 0 Å². The molecule has 2 aromatic carbocycles. The van der Waals surface area contributed by atoms with E-state index in [-0.39, 0.29) is 23.9 Å². The van der Waals surface area contributed by atoms with E-state index in [1.807, 2.05) is 62.4 Å². The first-order valence-electron chi connectivity index (χ1n) is 8.90. The summed E-state index contributed by atoms with van der Waals surface area (Å²) < 4.78 is 6.48. The van der Waals surface area contributed by atoms with Crippen LogP contribution in [0.15, 0.2) is 58.1 Å². The van der Waals surface area contributed by atoms with Gasteiger partial charge >= 0.3 is 0 Å². The smallest absolute Gasteiger partial charge is 0.258 e. The van der Waals surface area contributed by atoms with Crippen LogP contribution in [-0.4, -0.2) is 24.8 Å². The van der Waals surface area contributed by atoms with Crippen LogP contribution in [0.1, 0.15) is 31.0 Å². The van der Waals surface area contributed by atoms with Crippen molar-refractivity contribution in [2.75, 3.05) is 6.61 Å². The van der Waals surface area contributed by atoms with E-state index in [0.29, 0.717) is 6.61 Å². The molecule has 0 bridgehead atoms. The van der Waals surface area contributed by atoms with Crippen molar-refractivity contribution < 1.29 is 9.53 Å². The van der Waals surface area contributed by atoms with Gasteiger partial charge in [0.2, 0.25) is 0 Å². The van der Waals surface area contributed by atoms with Gasteiger partial charge in [-0.1, -0.05) is 47.1 Å². The molecule has 0 saturated carbocycles. The van der Waals surface area contributed by atoms with Gasteiger partial charge in [-0.3, -0.25) is 4.79 Å². The molecule has 0 aliphatic carbocycles. The highest BCUT2D eigenvalue weighted by atomic mass is 79.9. The second-order valence-electron chi connectivity index (χ2n) is 6.39. The van der Waals surface area contributed by atoms with E-state index in [4.69, 9.17) is 4.74 Å². The molecule has 3 atom stereocenters. The lowest BCUT2D eigenvalue weighted by molar-refractivity contribution is -0.123. The summed E-state index contributed by atoms with van der Waals surface area (Å²) in [6.45, 7) is 4.64. The van der Waals surface area contributed by atoms with Gasteiger partial charge in [0.05, 0.1) is 18.9 Å². The molecule has 1 saturated heterocycles. The first-order chi connectivity index (χ1) is 13.1. The summed E-state index contributed by atoms with van der Waals surface area (Å²) in [5.74, 6) is 0.735. The van der Waals surface area contributed by atoms with Gasteiger partial charge in [-0.2, -0.15) is 5.10 Å². The van der Waals surface area contributed by atoms with Gasteiger partial charge in [-0.05, 0) is 42.3 Å². The van der Waals surface area contributed by atoms with Gasteiger partial charge in [0.1, 0.15) is 11.8 Å². The first kappa shape index (κ1) is 19.5.